The third kappa shape index (κ3) is 3.03. The van der Waals surface area contributed by atoms with Crippen LogP contribution in [-0.4, -0.2) is 40.7 Å². The van der Waals surface area contributed by atoms with Gasteiger partial charge in [0, 0.05) is 24.6 Å². The van der Waals surface area contributed by atoms with E-state index in [1.54, 1.807) is 0 Å². The van der Waals surface area contributed by atoms with E-state index in [1.807, 2.05) is 62.4 Å². The fraction of sp³-hybridized carbons (Fsp3) is 0.364. The van der Waals surface area contributed by atoms with Crippen molar-refractivity contribution in [3.05, 3.63) is 59.7 Å². The van der Waals surface area contributed by atoms with Gasteiger partial charge >= 0.3 is 0 Å². The van der Waals surface area contributed by atoms with Crippen LogP contribution in [0, 0.1) is 12.8 Å². The number of para-hydroxylation sites is 1. The number of benzene rings is 2. The minimum atomic E-state index is -0.876. The van der Waals surface area contributed by atoms with Crippen molar-refractivity contribution in [3.63, 3.8) is 0 Å². The van der Waals surface area contributed by atoms with E-state index in [-0.39, 0.29) is 30.9 Å². The number of likely N-dealkylation sites (tertiary alicyclic amines) is 1. The summed E-state index contributed by atoms with van der Waals surface area (Å²) in [5.41, 5.74) is 1.75. The van der Waals surface area contributed by atoms with Gasteiger partial charge in [0.25, 0.3) is 0 Å². The van der Waals surface area contributed by atoms with Crippen LogP contribution in [0.25, 0.3) is 0 Å². The van der Waals surface area contributed by atoms with Gasteiger partial charge in [-0.2, -0.15) is 0 Å². The van der Waals surface area contributed by atoms with Crippen LogP contribution < -0.4 is 10.1 Å². The number of aryl methyl sites for hydroxylation is 1. The summed E-state index contributed by atoms with van der Waals surface area (Å²) in [7, 11) is 0. The van der Waals surface area contributed by atoms with Crippen molar-refractivity contribution in [2.75, 3.05) is 18.5 Å². The SMILES string of the molecule is Cc1ccc(NC(=O)[C@H]2C(=O)N(CCO)[C@]3(C)C[C@@H]2c2ccccc2O3)cc1. The molecule has 146 valence electrons. The predicted molar refractivity (Wildman–Crippen MR) is 105 cm³/mol. The molecule has 2 aromatic rings. The quantitative estimate of drug-likeness (QED) is 0.800. The highest BCUT2D eigenvalue weighted by molar-refractivity contribution is 6.08. The molecule has 4 rings (SSSR count). The summed E-state index contributed by atoms with van der Waals surface area (Å²) in [6, 6.07) is 15.0. The maximum absolute atomic E-state index is 13.3. The minimum Gasteiger partial charge on any atom is -0.468 e. The third-order valence-corrected chi connectivity index (χ3v) is 5.68. The summed E-state index contributed by atoms with van der Waals surface area (Å²) in [5, 5.41) is 12.4. The topological polar surface area (TPSA) is 78.9 Å². The van der Waals surface area contributed by atoms with E-state index in [0.717, 1.165) is 11.1 Å². The van der Waals surface area contributed by atoms with E-state index in [1.165, 1.54) is 4.90 Å². The number of anilines is 1. The molecule has 0 radical (unpaired) electrons. The van der Waals surface area contributed by atoms with E-state index in [0.29, 0.717) is 17.9 Å². The van der Waals surface area contributed by atoms with Gasteiger partial charge in [-0.3, -0.25) is 9.59 Å². The van der Waals surface area contributed by atoms with Gasteiger partial charge in [-0.05, 0) is 37.6 Å². The number of aliphatic hydroxyl groups is 1. The van der Waals surface area contributed by atoms with Gasteiger partial charge in [-0.25, -0.2) is 0 Å². The Morgan fingerprint density at radius 2 is 1.96 bits per heavy atom. The summed E-state index contributed by atoms with van der Waals surface area (Å²) >= 11 is 0. The average molecular weight is 380 g/mol. The highest BCUT2D eigenvalue weighted by Gasteiger charge is 2.55. The first-order valence-corrected chi connectivity index (χ1v) is 9.51. The zero-order chi connectivity index (χ0) is 19.9. The second-order valence-corrected chi connectivity index (χ2v) is 7.67. The van der Waals surface area contributed by atoms with Crippen LogP contribution in [0.4, 0.5) is 5.69 Å². The lowest BCUT2D eigenvalue weighted by atomic mass is 9.73. The van der Waals surface area contributed by atoms with Crippen LogP contribution in [0.15, 0.2) is 48.5 Å². The molecule has 28 heavy (non-hydrogen) atoms. The molecule has 1 saturated heterocycles. The summed E-state index contributed by atoms with van der Waals surface area (Å²) in [6.45, 7) is 3.75. The molecule has 2 amide bonds. The third-order valence-electron chi connectivity index (χ3n) is 5.68. The monoisotopic (exact) mass is 380 g/mol. The predicted octanol–water partition coefficient (Wildman–Crippen LogP) is 2.67. The van der Waals surface area contributed by atoms with Gasteiger partial charge < -0.3 is 20.1 Å². The molecule has 2 heterocycles. The number of nitrogens with one attached hydrogen (secondary N) is 1. The largest absolute Gasteiger partial charge is 0.468 e. The maximum atomic E-state index is 13.3. The van der Waals surface area contributed by atoms with Crippen molar-refractivity contribution in [1.82, 2.24) is 4.90 Å². The molecule has 1 fully saturated rings. The molecule has 6 nitrogen and oxygen atoms in total. The van der Waals surface area contributed by atoms with Crippen molar-refractivity contribution in [2.45, 2.75) is 31.9 Å². The number of piperidine rings is 1. The molecular weight excluding hydrogens is 356 g/mol. The number of hydrogen-bond donors (Lipinski definition) is 2. The first-order chi connectivity index (χ1) is 13.4. The molecule has 0 spiro atoms. The summed E-state index contributed by atoms with van der Waals surface area (Å²) in [6.07, 6.45) is 0.502. The van der Waals surface area contributed by atoms with Crippen LogP contribution in [0.2, 0.25) is 0 Å². The molecule has 2 aliphatic heterocycles. The number of β-amino-alcohol motifs (C(OH)–C–C–N with tert-alkyl or cyclic N) is 1. The molecule has 0 saturated carbocycles. The number of nitrogens with zero attached hydrogens (tertiary/aromatic N) is 1. The summed E-state index contributed by atoms with van der Waals surface area (Å²) in [4.78, 5) is 28.0. The Balaban J connectivity index is 1.72. The number of hydrogen-bond acceptors (Lipinski definition) is 4. The Kier molecular flexibility index (Phi) is 4.59. The van der Waals surface area contributed by atoms with Gasteiger partial charge in [-0.1, -0.05) is 35.9 Å². The molecule has 2 bridgehead atoms. The van der Waals surface area contributed by atoms with Gasteiger partial charge in [0.1, 0.15) is 11.7 Å². The van der Waals surface area contributed by atoms with E-state index in [2.05, 4.69) is 5.32 Å². The Labute approximate surface area is 164 Å². The average Bonchev–Trinajstić information content (AvgIpc) is 2.67. The summed E-state index contributed by atoms with van der Waals surface area (Å²) in [5.74, 6) is -1.11. The number of carbonyl (C=O) groups is 2. The lowest BCUT2D eigenvalue weighted by molar-refractivity contribution is -0.176. The number of ether oxygens (including phenoxy) is 1. The first-order valence-electron chi connectivity index (χ1n) is 9.51. The smallest absolute Gasteiger partial charge is 0.238 e. The Morgan fingerprint density at radius 3 is 2.68 bits per heavy atom. The van der Waals surface area contributed by atoms with Crippen LogP contribution >= 0.6 is 0 Å². The van der Waals surface area contributed by atoms with Crippen molar-refractivity contribution in [1.29, 1.82) is 0 Å². The fourth-order valence-corrected chi connectivity index (χ4v) is 4.31. The number of fused-ring (bicyclic) bond motifs is 4. The molecule has 3 atom stereocenters. The zero-order valence-corrected chi connectivity index (χ0v) is 16.0. The molecule has 0 aliphatic carbocycles. The van der Waals surface area contributed by atoms with Gasteiger partial charge in [0.05, 0.1) is 6.61 Å². The Bertz CT molecular complexity index is 911. The maximum Gasteiger partial charge on any atom is 0.238 e. The molecule has 6 heteroatoms. The summed E-state index contributed by atoms with van der Waals surface area (Å²) < 4.78 is 6.15. The highest BCUT2D eigenvalue weighted by atomic mass is 16.5. The van der Waals surface area contributed by atoms with E-state index in [4.69, 9.17) is 4.74 Å². The number of rotatable bonds is 4. The molecule has 0 aromatic heterocycles. The zero-order valence-electron chi connectivity index (χ0n) is 16.0. The molecule has 2 aliphatic rings. The minimum absolute atomic E-state index is 0.124. The van der Waals surface area contributed by atoms with Crippen molar-refractivity contribution in [2.24, 2.45) is 5.92 Å². The molecule has 2 aromatic carbocycles. The Hall–Kier alpha value is -2.86. The normalized spacial score (nSPS) is 25.7. The van der Waals surface area contributed by atoms with Crippen molar-refractivity contribution < 1.29 is 19.4 Å². The lowest BCUT2D eigenvalue weighted by Crippen LogP contribution is -2.64. The van der Waals surface area contributed by atoms with Crippen LogP contribution in [0.1, 0.15) is 30.4 Å². The van der Waals surface area contributed by atoms with Crippen LogP contribution in [0.5, 0.6) is 5.75 Å². The van der Waals surface area contributed by atoms with E-state index >= 15 is 0 Å². The van der Waals surface area contributed by atoms with E-state index < -0.39 is 11.6 Å². The second kappa shape index (κ2) is 6.95. The van der Waals surface area contributed by atoms with Crippen LogP contribution in [-0.2, 0) is 9.59 Å². The van der Waals surface area contributed by atoms with Crippen molar-refractivity contribution in [3.8, 4) is 5.75 Å². The van der Waals surface area contributed by atoms with Gasteiger partial charge in [-0.15, -0.1) is 0 Å². The van der Waals surface area contributed by atoms with E-state index in [9.17, 15) is 14.7 Å². The molecular formula is C22H24N2O4. The van der Waals surface area contributed by atoms with Crippen LogP contribution in [0.3, 0.4) is 0 Å². The fourth-order valence-electron chi connectivity index (χ4n) is 4.31. The first kappa shape index (κ1) is 18.5. The highest BCUT2D eigenvalue weighted by Crippen LogP contribution is 2.50. The number of carbonyl (C=O) groups excluding carboxylic acids is 2. The molecule has 2 N–H and O–H groups in total. The number of amides is 2. The van der Waals surface area contributed by atoms with Gasteiger partial charge in [0.2, 0.25) is 11.8 Å². The van der Waals surface area contributed by atoms with Crippen molar-refractivity contribution >= 4 is 17.5 Å². The Morgan fingerprint density at radius 1 is 1.25 bits per heavy atom. The second-order valence-electron chi connectivity index (χ2n) is 7.67. The lowest BCUT2D eigenvalue weighted by Gasteiger charge is -2.52. The standard InChI is InChI=1S/C22H24N2O4/c1-14-7-9-15(10-8-14)23-20(26)19-17-13-22(2,24(11-12-25)21(19)27)28-18-6-4-3-5-16(17)18/h3-10,17,19,25H,11-13H2,1-2H3,(H,23,26)/t17-,19+,22+/m1/s1. The number of aliphatic hydroxyl groups excluding tert-OH is 1. The van der Waals surface area contributed by atoms with Gasteiger partial charge in [0.15, 0.2) is 5.72 Å². The molecule has 0 unspecified atom stereocenters.